The zero-order valence-electron chi connectivity index (χ0n) is 17.3. The quantitative estimate of drug-likeness (QED) is 0.868. The second-order valence-corrected chi connectivity index (χ2v) is 9.39. The molecule has 0 bridgehead atoms. The molecule has 0 aromatic heterocycles. The van der Waals surface area contributed by atoms with Gasteiger partial charge in [0.2, 0.25) is 0 Å². The van der Waals surface area contributed by atoms with Crippen molar-refractivity contribution in [1.29, 1.82) is 0 Å². The van der Waals surface area contributed by atoms with Crippen LogP contribution in [-0.4, -0.2) is 72.4 Å². The molecule has 0 saturated carbocycles. The summed E-state index contributed by atoms with van der Waals surface area (Å²) < 4.78 is 6.18. The maximum atomic E-state index is 12.8. The van der Waals surface area contributed by atoms with E-state index < -0.39 is 0 Å². The zero-order chi connectivity index (χ0) is 19.7. The maximum absolute atomic E-state index is 12.8. The van der Waals surface area contributed by atoms with Crippen molar-refractivity contribution in [3.63, 3.8) is 0 Å². The summed E-state index contributed by atoms with van der Waals surface area (Å²) in [5.41, 5.74) is 2.20. The van der Waals surface area contributed by atoms with Crippen molar-refractivity contribution in [2.45, 2.75) is 51.7 Å². The standard InChI is InChI=1S/C23H34N2O3/c1-17-3-5-19(6-4-17)22(27)25-11-8-23(9-12-25)13-20(28-16-23)14-24-10-7-18(2)21(26)15-24/h3-6,18,20-21,26H,7-16H2,1-2H3/t18-,20+,21-/m1/s1. The SMILES string of the molecule is Cc1ccc(C(=O)N2CCC3(CC2)CO[C@H](CN2CC[C@@H](C)[C@H](O)C2)C3)cc1. The van der Waals surface area contributed by atoms with Crippen LogP contribution in [0, 0.1) is 18.3 Å². The van der Waals surface area contributed by atoms with E-state index >= 15 is 0 Å². The maximum Gasteiger partial charge on any atom is 0.253 e. The first kappa shape index (κ1) is 19.9. The summed E-state index contributed by atoms with van der Waals surface area (Å²) in [6, 6.07) is 7.88. The van der Waals surface area contributed by atoms with Crippen molar-refractivity contribution >= 4 is 5.91 Å². The largest absolute Gasteiger partial charge is 0.392 e. The van der Waals surface area contributed by atoms with Crippen molar-refractivity contribution in [1.82, 2.24) is 9.80 Å². The van der Waals surface area contributed by atoms with Gasteiger partial charge in [0.1, 0.15) is 0 Å². The van der Waals surface area contributed by atoms with Crippen molar-refractivity contribution in [3.05, 3.63) is 35.4 Å². The minimum Gasteiger partial charge on any atom is -0.392 e. The Morgan fingerprint density at radius 2 is 1.93 bits per heavy atom. The van der Waals surface area contributed by atoms with Crippen LogP contribution in [0.15, 0.2) is 24.3 Å². The van der Waals surface area contributed by atoms with Gasteiger partial charge >= 0.3 is 0 Å². The summed E-state index contributed by atoms with van der Waals surface area (Å²) in [4.78, 5) is 17.1. The van der Waals surface area contributed by atoms with Crippen LogP contribution in [-0.2, 0) is 4.74 Å². The third-order valence-corrected chi connectivity index (χ3v) is 7.16. The summed E-state index contributed by atoms with van der Waals surface area (Å²) >= 11 is 0. The van der Waals surface area contributed by atoms with Crippen molar-refractivity contribution in [3.8, 4) is 0 Å². The average Bonchev–Trinajstić information content (AvgIpc) is 3.07. The number of carbonyl (C=O) groups is 1. The fourth-order valence-corrected chi connectivity index (χ4v) is 4.99. The molecule has 3 fully saturated rings. The lowest BCUT2D eigenvalue weighted by atomic mass is 9.76. The van der Waals surface area contributed by atoms with E-state index in [0.29, 0.717) is 5.92 Å². The number of piperidine rings is 2. The molecule has 1 amide bonds. The molecule has 1 aromatic rings. The second kappa shape index (κ2) is 8.13. The molecule has 0 radical (unpaired) electrons. The summed E-state index contributed by atoms with van der Waals surface area (Å²) in [5.74, 6) is 0.559. The lowest BCUT2D eigenvalue weighted by Crippen LogP contribution is -2.46. The van der Waals surface area contributed by atoms with Gasteiger partial charge in [0, 0.05) is 31.7 Å². The number of ether oxygens (including phenoxy) is 1. The topological polar surface area (TPSA) is 53.0 Å². The van der Waals surface area contributed by atoms with Gasteiger partial charge in [-0.15, -0.1) is 0 Å². The van der Waals surface area contributed by atoms with Crippen LogP contribution < -0.4 is 0 Å². The Balaban J connectivity index is 1.27. The molecule has 28 heavy (non-hydrogen) atoms. The number of aryl methyl sites for hydroxylation is 1. The van der Waals surface area contributed by atoms with Crippen LogP contribution in [0.4, 0.5) is 0 Å². The number of aliphatic hydroxyl groups excluding tert-OH is 1. The van der Waals surface area contributed by atoms with E-state index in [4.69, 9.17) is 4.74 Å². The third-order valence-electron chi connectivity index (χ3n) is 7.16. The van der Waals surface area contributed by atoms with Crippen LogP contribution in [0.1, 0.15) is 48.5 Å². The van der Waals surface area contributed by atoms with E-state index in [1.165, 1.54) is 5.56 Å². The number of amides is 1. The van der Waals surface area contributed by atoms with E-state index in [0.717, 1.165) is 70.6 Å². The van der Waals surface area contributed by atoms with Gasteiger partial charge in [0.25, 0.3) is 5.91 Å². The van der Waals surface area contributed by atoms with Crippen LogP contribution in [0.25, 0.3) is 0 Å². The van der Waals surface area contributed by atoms with E-state index in [1.807, 2.05) is 36.1 Å². The average molecular weight is 387 g/mol. The molecule has 5 heteroatoms. The molecule has 3 atom stereocenters. The highest BCUT2D eigenvalue weighted by Gasteiger charge is 2.43. The van der Waals surface area contributed by atoms with E-state index in [2.05, 4.69) is 11.8 Å². The molecule has 3 heterocycles. The fourth-order valence-electron chi connectivity index (χ4n) is 4.99. The highest BCUT2D eigenvalue weighted by molar-refractivity contribution is 5.94. The molecule has 1 spiro atoms. The van der Waals surface area contributed by atoms with Crippen molar-refractivity contribution in [2.75, 3.05) is 39.3 Å². The van der Waals surface area contributed by atoms with Gasteiger partial charge in [0.05, 0.1) is 18.8 Å². The molecule has 3 aliphatic rings. The number of benzene rings is 1. The minimum absolute atomic E-state index is 0.154. The van der Waals surface area contributed by atoms with Crippen LogP contribution in [0.5, 0.6) is 0 Å². The predicted octanol–water partition coefficient (Wildman–Crippen LogP) is 2.71. The van der Waals surface area contributed by atoms with Gasteiger partial charge in [-0.1, -0.05) is 24.6 Å². The smallest absolute Gasteiger partial charge is 0.253 e. The molecule has 4 rings (SSSR count). The Morgan fingerprint density at radius 3 is 2.61 bits per heavy atom. The molecular formula is C23H34N2O3. The van der Waals surface area contributed by atoms with Gasteiger partial charge in [0.15, 0.2) is 0 Å². The zero-order valence-corrected chi connectivity index (χ0v) is 17.3. The molecule has 0 aliphatic carbocycles. The first-order valence-electron chi connectivity index (χ1n) is 10.8. The summed E-state index contributed by atoms with van der Waals surface area (Å²) in [7, 11) is 0. The first-order chi connectivity index (χ1) is 13.4. The number of hydrogen-bond donors (Lipinski definition) is 1. The molecule has 154 valence electrons. The second-order valence-electron chi connectivity index (χ2n) is 9.39. The van der Waals surface area contributed by atoms with Gasteiger partial charge in [-0.2, -0.15) is 0 Å². The van der Waals surface area contributed by atoms with E-state index in [1.54, 1.807) is 0 Å². The van der Waals surface area contributed by atoms with Gasteiger partial charge in [-0.25, -0.2) is 0 Å². The van der Waals surface area contributed by atoms with Crippen molar-refractivity contribution < 1.29 is 14.6 Å². The normalized spacial score (nSPS) is 30.7. The number of carbonyl (C=O) groups excluding carboxylic acids is 1. The Kier molecular flexibility index (Phi) is 5.77. The van der Waals surface area contributed by atoms with E-state index in [9.17, 15) is 9.90 Å². The van der Waals surface area contributed by atoms with Crippen LogP contribution in [0.2, 0.25) is 0 Å². The number of likely N-dealkylation sites (tertiary alicyclic amines) is 2. The van der Waals surface area contributed by atoms with Gasteiger partial charge < -0.3 is 14.7 Å². The molecular weight excluding hydrogens is 352 g/mol. The third kappa shape index (κ3) is 4.27. The van der Waals surface area contributed by atoms with Crippen LogP contribution in [0.3, 0.4) is 0 Å². The number of β-amino-alcohol motifs (C(OH)–C–C–N with tert-alkyl or cyclic N) is 1. The summed E-state index contributed by atoms with van der Waals surface area (Å²) in [6.07, 6.45) is 4.26. The lowest BCUT2D eigenvalue weighted by Gasteiger charge is -2.39. The highest BCUT2D eigenvalue weighted by Crippen LogP contribution is 2.42. The number of hydrogen-bond acceptors (Lipinski definition) is 4. The molecule has 1 N–H and O–H groups in total. The molecule has 3 aliphatic heterocycles. The predicted molar refractivity (Wildman–Crippen MR) is 109 cm³/mol. The summed E-state index contributed by atoms with van der Waals surface area (Å²) in [5, 5.41) is 10.1. The molecule has 3 saturated heterocycles. The Morgan fingerprint density at radius 1 is 1.21 bits per heavy atom. The summed E-state index contributed by atoms with van der Waals surface area (Å²) in [6.45, 7) is 9.39. The number of nitrogens with zero attached hydrogens (tertiary/aromatic N) is 2. The number of aliphatic hydroxyl groups is 1. The lowest BCUT2D eigenvalue weighted by molar-refractivity contribution is 0.000908. The first-order valence-corrected chi connectivity index (χ1v) is 10.8. The van der Waals surface area contributed by atoms with Crippen LogP contribution >= 0.6 is 0 Å². The molecule has 0 unspecified atom stereocenters. The van der Waals surface area contributed by atoms with Crippen molar-refractivity contribution in [2.24, 2.45) is 11.3 Å². The Labute approximate surface area is 168 Å². The Hall–Kier alpha value is -1.43. The molecule has 1 aromatic carbocycles. The van der Waals surface area contributed by atoms with E-state index in [-0.39, 0.29) is 23.5 Å². The van der Waals surface area contributed by atoms with Gasteiger partial charge in [-0.3, -0.25) is 9.69 Å². The highest BCUT2D eigenvalue weighted by atomic mass is 16.5. The van der Waals surface area contributed by atoms with Gasteiger partial charge in [-0.05, 0) is 62.6 Å². The Bertz CT molecular complexity index is 682. The minimum atomic E-state index is -0.208. The number of rotatable bonds is 3. The molecule has 5 nitrogen and oxygen atoms in total. The monoisotopic (exact) mass is 386 g/mol. The fraction of sp³-hybridized carbons (Fsp3) is 0.696.